The van der Waals surface area contributed by atoms with Crippen LogP contribution in [-0.4, -0.2) is 69.9 Å². The Morgan fingerprint density at radius 2 is 1.63 bits per heavy atom. The predicted octanol–water partition coefficient (Wildman–Crippen LogP) is 2.96. The molecule has 1 aromatic rings. The van der Waals surface area contributed by atoms with Crippen LogP contribution in [0.4, 0.5) is 4.79 Å². The summed E-state index contributed by atoms with van der Waals surface area (Å²) in [6.45, 7) is 13.3. The quantitative estimate of drug-likeness (QED) is 0.388. The lowest BCUT2D eigenvalue weighted by atomic mass is 9.93. The van der Waals surface area contributed by atoms with Crippen LogP contribution in [0.1, 0.15) is 66.0 Å². The molecule has 10 nitrogen and oxygen atoms in total. The minimum Gasteiger partial charge on any atom is -0.475 e. The van der Waals surface area contributed by atoms with Crippen LogP contribution in [0.2, 0.25) is 0 Å². The van der Waals surface area contributed by atoms with Gasteiger partial charge in [-0.3, -0.25) is 14.4 Å². The number of carbonyl (C=O) groups excluding carboxylic acids is 4. The van der Waals surface area contributed by atoms with Crippen molar-refractivity contribution in [1.82, 2.24) is 15.5 Å². The molecule has 5 unspecified atom stereocenters. The number of ketones is 1. The number of hydrogen-bond acceptors (Lipinski definition) is 6. The molecule has 2 aliphatic carbocycles. The summed E-state index contributed by atoms with van der Waals surface area (Å²) in [7, 11) is 0. The van der Waals surface area contributed by atoms with Crippen LogP contribution >= 0.6 is 0 Å². The number of benzene rings is 1. The van der Waals surface area contributed by atoms with Crippen LogP contribution in [0.25, 0.3) is 0 Å². The SMILES string of the molecule is CC(C)CC(NC(=O)C1C2C(CN1C(=O)C(NC(=O)OC(C)(C)C)C1Cc3ccccc3C1)C2(C)C)C(=O)C(=O)O. The molecule has 10 heteroatoms. The molecule has 0 aromatic heterocycles. The molecule has 1 aliphatic heterocycles. The number of carboxylic acid groups (broad SMARTS) is 1. The Bertz CT molecular complexity index is 1210. The van der Waals surface area contributed by atoms with E-state index in [4.69, 9.17) is 4.74 Å². The maximum Gasteiger partial charge on any atom is 0.408 e. The van der Waals surface area contributed by atoms with Gasteiger partial charge >= 0.3 is 12.1 Å². The lowest BCUT2D eigenvalue weighted by molar-refractivity contribution is -0.151. The van der Waals surface area contributed by atoms with E-state index in [0.717, 1.165) is 11.1 Å². The molecule has 4 rings (SSSR count). The number of rotatable bonds is 9. The molecule has 1 saturated carbocycles. The molecule has 2 fully saturated rings. The predicted molar refractivity (Wildman–Crippen MR) is 151 cm³/mol. The summed E-state index contributed by atoms with van der Waals surface area (Å²) in [5, 5.41) is 14.8. The Labute approximate surface area is 241 Å². The van der Waals surface area contributed by atoms with Crippen molar-refractivity contribution in [3.63, 3.8) is 0 Å². The third-order valence-corrected chi connectivity index (χ3v) is 8.80. The largest absolute Gasteiger partial charge is 0.475 e. The second-order valence-electron chi connectivity index (χ2n) is 13.8. The fourth-order valence-corrected chi connectivity index (χ4v) is 6.75. The fourth-order valence-electron chi connectivity index (χ4n) is 6.75. The first kappa shape index (κ1) is 30.5. The van der Waals surface area contributed by atoms with E-state index < -0.39 is 47.5 Å². The highest BCUT2D eigenvalue weighted by atomic mass is 16.6. The molecular weight excluding hydrogens is 526 g/mol. The zero-order valence-electron chi connectivity index (χ0n) is 25.0. The van der Waals surface area contributed by atoms with Crippen LogP contribution < -0.4 is 10.6 Å². The number of carbonyl (C=O) groups is 5. The van der Waals surface area contributed by atoms with Crippen LogP contribution in [0.5, 0.6) is 0 Å². The number of likely N-dealkylation sites (tertiary alicyclic amines) is 1. The molecule has 0 bridgehead atoms. The number of carboxylic acids is 1. The topological polar surface area (TPSA) is 142 Å². The standard InChI is InChI=1S/C31H43N3O7/c1-16(2)12-21(25(35)28(38)39)32-26(36)24-22-20(31(22,6)7)15-34(24)27(37)23(33-29(40)41-30(3,4)5)19-13-17-10-8-9-11-18(17)14-19/h8-11,16,19-24H,12-15H2,1-7H3,(H,32,36)(H,33,40)(H,38,39). The van der Waals surface area contributed by atoms with E-state index in [2.05, 4.69) is 10.6 Å². The zero-order chi connectivity index (χ0) is 30.4. The van der Waals surface area contributed by atoms with Gasteiger partial charge in [0.1, 0.15) is 17.7 Å². The molecule has 1 saturated heterocycles. The van der Waals surface area contributed by atoms with Gasteiger partial charge in [-0.15, -0.1) is 0 Å². The van der Waals surface area contributed by atoms with Crippen LogP contribution in [0, 0.1) is 29.1 Å². The molecule has 0 spiro atoms. The van der Waals surface area contributed by atoms with Crippen LogP contribution in [0.15, 0.2) is 24.3 Å². The van der Waals surface area contributed by atoms with E-state index in [1.807, 2.05) is 52.0 Å². The highest BCUT2D eigenvalue weighted by molar-refractivity contribution is 6.35. The Morgan fingerprint density at radius 3 is 2.15 bits per heavy atom. The van der Waals surface area contributed by atoms with Gasteiger partial charge in [0, 0.05) is 6.54 Å². The highest BCUT2D eigenvalue weighted by Crippen LogP contribution is 2.65. The Balaban J connectivity index is 1.61. The van der Waals surface area contributed by atoms with E-state index in [1.165, 1.54) is 4.90 Å². The number of Topliss-reactive ketones (excluding diaryl/α,β-unsaturated/α-hetero) is 1. The maximum atomic E-state index is 14.3. The van der Waals surface area contributed by atoms with Gasteiger partial charge < -0.3 is 25.4 Å². The smallest absolute Gasteiger partial charge is 0.408 e. The van der Waals surface area contributed by atoms with Crippen molar-refractivity contribution < 1.29 is 33.8 Å². The van der Waals surface area contributed by atoms with Crippen molar-refractivity contribution in [2.45, 2.75) is 91.5 Å². The average molecular weight is 570 g/mol. The molecule has 3 amide bonds. The van der Waals surface area contributed by atoms with Gasteiger partial charge in [-0.25, -0.2) is 9.59 Å². The van der Waals surface area contributed by atoms with E-state index in [9.17, 15) is 29.1 Å². The Kier molecular flexibility index (Phi) is 8.26. The average Bonchev–Trinajstić information content (AvgIpc) is 3.24. The first-order valence-corrected chi connectivity index (χ1v) is 14.5. The van der Waals surface area contributed by atoms with Crippen LogP contribution in [0.3, 0.4) is 0 Å². The van der Waals surface area contributed by atoms with Gasteiger partial charge in [0.25, 0.3) is 5.78 Å². The number of nitrogens with zero attached hydrogens (tertiary/aromatic N) is 1. The third kappa shape index (κ3) is 6.41. The lowest BCUT2D eigenvalue weighted by Crippen LogP contribution is -2.59. The van der Waals surface area contributed by atoms with E-state index in [0.29, 0.717) is 19.4 Å². The van der Waals surface area contributed by atoms with Crippen molar-refractivity contribution in [1.29, 1.82) is 0 Å². The number of ether oxygens (including phenoxy) is 1. The van der Waals surface area contributed by atoms with Crippen LogP contribution in [-0.2, 0) is 36.8 Å². The number of nitrogens with one attached hydrogen (secondary N) is 2. The van der Waals surface area contributed by atoms with Crippen molar-refractivity contribution in [2.75, 3.05) is 6.54 Å². The van der Waals surface area contributed by atoms with Crippen molar-refractivity contribution in [3.8, 4) is 0 Å². The minimum absolute atomic E-state index is 0.0403. The molecular formula is C31H43N3O7. The second-order valence-corrected chi connectivity index (χ2v) is 13.8. The molecule has 0 radical (unpaired) electrons. The summed E-state index contributed by atoms with van der Waals surface area (Å²) < 4.78 is 5.50. The number of hydrogen-bond donors (Lipinski definition) is 3. The van der Waals surface area contributed by atoms with Gasteiger partial charge in [0.2, 0.25) is 11.8 Å². The number of alkyl carbamates (subject to hydrolysis) is 1. The van der Waals surface area contributed by atoms with E-state index in [-0.39, 0.29) is 41.4 Å². The van der Waals surface area contributed by atoms with Gasteiger partial charge in [0.15, 0.2) is 0 Å². The third-order valence-electron chi connectivity index (χ3n) is 8.80. The van der Waals surface area contributed by atoms with Crippen molar-refractivity contribution >= 4 is 29.7 Å². The molecule has 224 valence electrons. The number of amides is 3. The summed E-state index contributed by atoms with van der Waals surface area (Å²) in [5.74, 6) is -3.95. The summed E-state index contributed by atoms with van der Waals surface area (Å²) in [5.41, 5.74) is 1.27. The molecule has 3 N–H and O–H groups in total. The van der Waals surface area contributed by atoms with Gasteiger partial charge in [-0.1, -0.05) is 52.0 Å². The normalized spacial score (nSPS) is 24.2. The maximum absolute atomic E-state index is 14.3. The number of fused-ring (bicyclic) bond motifs is 2. The number of piperidine rings is 1. The summed E-state index contributed by atoms with van der Waals surface area (Å²) in [6.07, 6.45) is 0.643. The van der Waals surface area contributed by atoms with Gasteiger partial charge in [0.05, 0.1) is 6.04 Å². The second kappa shape index (κ2) is 11.1. The first-order chi connectivity index (χ1) is 19.0. The van der Waals surface area contributed by atoms with Gasteiger partial charge in [-0.2, -0.15) is 0 Å². The summed E-state index contributed by atoms with van der Waals surface area (Å²) >= 11 is 0. The van der Waals surface area contributed by atoms with Crippen molar-refractivity contribution in [2.24, 2.45) is 29.1 Å². The molecule has 1 aromatic carbocycles. The Hall–Kier alpha value is -3.43. The molecule has 5 atom stereocenters. The Morgan fingerprint density at radius 1 is 1.05 bits per heavy atom. The fraction of sp³-hybridized carbons (Fsp3) is 0.645. The van der Waals surface area contributed by atoms with E-state index >= 15 is 0 Å². The monoisotopic (exact) mass is 569 g/mol. The molecule has 3 aliphatic rings. The van der Waals surface area contributed by atoms with Gasteiger partial charge in [-0.05, 0) is 80.2 Å². The first-order valence-electron chi connectivity index (χ1n) is 14.5. The minimum atomic E-state index is -1.61. The summed E-state index contributed by atoms with van der Waals surface area (Å²) in [4.78, 5) is 66.4. The number of aliphatic carboxylic acids is 1. The van der Waals surface area contributed by atoms with E-state index in [1.54, 1.807) is 20.8 Å². The molecule has 41 heavy (non-hydrogen) atoms. The summed E-state index contributed by atoms with van der Waals surface area (Å²) in [6, 6.07) is 4.91. The van der Waals surface area contributed by atoms with Crippen molar-refractivity contribution in [3.05, 3.63) is 35.4 Å². The lowest BCUT2D eigenvalue weighted by Gasteiger charge is -2.35. The zero-order valence-corrected chi connectivity index (χ0v) is 25.0. The molecule has 1 heterocycles. The highest BCUT2D eigenvalue weighted by Gasteiger charge is 2.69.